The summed E-state index contributed by atoms with van der Waals surface area (Å²) in [5, 5.41) is 6.39. The van der Waals surface area contributed by atoms with Crippen LogP contribution in [0.4, 0.5) is 4.39 Å². The van der Waals surface area contributed by atoms with E-state index in [-0.39, 0.29) is 17.5 Å². The van der Waals surface area contributed by atoms with Crippen LogP contribution in [0.15, 0.2) is 28.8 Å². The van der Waals surface area contributed by atoms with Gasteiger partial charge in [-0.15, -0.1) is 0 Å². The number of halogens is 1. The second-order valence-electron chi connectivity index (χ2n) is 4.41. The Morgan fingerprint density at radius 3 is 2.90 bits per heavy atom. The van der Waals surface area contributed by atoms with Gasteiger partial charge in [0.25, 0.3) is 5.91 Å². The van der Waals surface area contributed by atoms with Gasteiger partial charge in [0.1, 0.15) is 11.4 Å². The molecule has 0 aliphatic carbocycles. The maximum absolute atomic E-state index is 13.2. The van der Waals surface area contributed by atoms with E-state index >= 15 is 0 Å². The number of carbonyl (C=O) groups excluding carboxylic acids is 1. The van der Waals surface area contributed by atoms with Gasteiger partial charge in [-0.2, -0.15) is 0 Å². The Bertz CT molecular complexity index is 692. The lowest BCUT2D eigenvalue weighted by Crippen LogP contribution is -2.19. The number of nitrogens with zero attached hydrogens (tertiary/aromatic N) is 1. The van der Waals surface area contributed by atoms with Crippen LogP contribution in [0.5, 0.6) is 0 Å². The van der Waals surface area contributed by atoms with Crippen LogP contribution in [0.1, 0.15) is 34.3 Å². The predicted molar refractivity (Wildman–Crippen MR) is 77.7 cm³/mol. The highest BCUT2D eigenvalue weighted by Crippen LogP contribution is 2.20. The van der Waals surface area contributed by atoms with Crippen LogP contribution >= 0.6 is 0 Å². The van der Waals surface area contributed by atoms with Gasteiger partial charge in [-0.3, -0.25) is 4.79 Å². The van der Waals surface area contributed by atoms with Crippen molar-refractivity contribution < 1.29 is 13.7 Å². The summed E-state index contributed by atoms with van der Waals surface area (Å²) in [6, 6.07) is 5.87. The quantitative estimate of drug-likeness (QED) is 0.904. The summed E-state index contributed by atoms with van der Waals surface area (Å²) in [6.07, 6.45) is 2.03. The second-order valence-corrected chi connectivity index (χ2v) is 4.41. The molecule has 0 radical (unpaired) electrons. The third-order valence-electron chi connectivity index (χ3n) is 3.02. The van der Waals surface area contributed by atoms with Crippen LogP contribution in [0.3, 0.4) is 0 Å². The molecule has 110 valence electrons. The molecule has 1 aromatic carbocycles. The summed E-state index contributed by atoms with van der Waals surface area (Å²) in [5.41, 5.74) is 7.62. The minimum atomic E-state index is -0.387. The van der Waals surface area contributed by atoms with Crippen LogP contribution in [0.25, 0.3) is 11.8 Å². The van der Waals surface area contributed by atoms with Crippen molar-refractivity contribution in [1.82, 2.24) is 10.5 Å². The SMILES string of the molecule is CCc1noc(/C=C(\N)c2cccc(F)c2)c1C(=O)NC. The average Bonchev–Trinajstić information content (AvgIpc) is 2.89. The third kappa shape index (κ3) is 3.10. The first-order chi connectivity index (χ1) is 10.1. The highest BCUT2D eigenvalue weighted by molar-refractivity contribution is 5.99. The summed E-state index contributed by atoms with van der Waals surface area (Å²) in [6.45, 7) is 1.87. The molecule has 2 rings (SSSR count). The molecule has 1 heterocycles. The van der Waals surface area contributed by atoms with Crippen molar-refractivity contribution in [1.29, 1.82) is 0 Å². The summed E-state index contributed by atoms with van der Waals surface area (Å²) < 4.78 is 18.4. The molecule has 0 bridgehead atoms. The van der Waals surface area contributed by atoms with Crippen molar-refractivity contribution in [2.75, 3.05) is 7.05 Å². The molecular formula is C15H16FN3O2. The summed E-state index contributed by atoms with van der Waals surface area (Å²) in [5.74, 6) is -0.429. The Balaban J connectivity index is 2.45. The van der Waals surface area contributed by atoms with Gasteiger partial charge < -0.3 is 15.6 Å². The molecular weight excluding hydrogens is 273 g/mol. The monoisotopic (exact) mass is 289 g/mol. The van der Waals surface area contributed by atoms with E-state index in [1.54, 1.807) is 12.1 Å². The van der Waals surface area contributed by atoms with Gasteiger partial charge in [0.2, 0.25) is 0 Å². The molecule has 5 nitrogen and oxygen atoms in total. The van der Waals surface area contributed by atoms with Crippen LogP contribution in [0, 0.1) is 5.82 Å². The summed E-state index contributed by atoms with van der Waals surface area (Å²) >= 11 is 0. The first-order valence-corrected chi connectivity index (χ1v) is 6.50. The van der Waals surface area contributed by atoms with E-state index in [0.29, 0.717) is 28.9 Å². The fourth-order valence-corrected chi connectivity index (χ4v) is 1.94. The average molecular weight is 289 g/mol. The fourth-order valence-electron chi connectivity index (χ4n) is 1.94. The van der Waals surface area contributed by atoms with E-state index in [1.807, 2.05) is 6.92 Å². The number of benzene rings is 1. The van der Waals surface area contributed by atoms with Gasteiger partial charge in [0.05, 0.1) is 5.69 Å². The number of amides is 1. The predicted octanol–water partition coefficient (Wildman–Crippen LogP) is 2.19. The number of nitrogens with one attached hydrogen (secondary N) is 1. The molecule has 0 aliphatic rings. The minimum absolute atomic E-state index is 0.257. The van der Waals surface area contributed by atoms with E-state index < -0.39 is 0 Å². The van der Waals surface area contributed by atoms with Gasteiger partial charge in [-0.1, -0.05) is 24.2 Å². The number of rotatable bonds is 4. The molecule has 3 N–H and O–H groups in total. The Hall–Kier alpha value is -2.63. The first kappa shape index (κ1) is 14.8. The topological polar surface area (TPSA) is 81.2 Å². The van der Waals surface area contributed by atoms with E-state index in [0.717, 1.165) is 0 Å². The molecule has 6 heteroatoms. The van der Waals surface area contributed by atoms with Crippen molar-refractivity contribution in [2.45, 2.75) is 13.3 Å². The van der Waals surface area contributed by atoms with E-state index in [1.165, 1.54) is 25.3 Å². The number of hydrogen-bond donors (Lipinski definition) is 2. The maximum Gasteiger partial charge on any atom is 0.256 e. The van der Waals surface area contributed by atoms with Crippen LogP contribution < -0.4 is 11.1 Å². The molecule has 0 fully saturated rings. The highest BCUT2D eigenvalue weighted by Gasteiger charge is 2.19. The molecule has 0 saturated heterocycles. The number of carbonyl (C=O) groups is 1. The van der Waals surface area contributed by atoms with Crippen LogP contribution in [0.2, 0.25) is 0 Å². The molecule has 0 atom stereocenters. The van der Waals surface area contributed by atoms with Gasteiger partial charge in [0.15, 0.2) is 5.76 Å². The summed E-state index contributed by atoms with van der Waals surface area (Å²) in [4.78, 5) is 11.9. The molecule has 1 aromatic heterocycles. The zero-order chi connectivity index (χ0) is 15.4. The smallest absolute Gasteiger partial charge is 0.256 e. The standard InChI is InChI=1S/C15H16FN3O2/c1-3-12-14(15(20)18-2)13(21-19-12)8-11(17)9-5-4-6-10(16)7-9/h4-8H,3,17H2,1-2H3,(H,18,20)/b11-8-. The molecule has 2 aromatic rings. The third-order valence-corrected chi connectivity index (χ3v) is 3.02. The Labute approximate surface area is 121 Å². The van der Waals surface area contributed by atoms with Crippen molar-refractivity contribution in [3.05, 3.63) is 52.7 Å². The fraction of sp³-hybridized carbons (Fsp3) is 0.200. The summed E-state index contributed by atoms with van der Waals surface area (Å²) in [7, 11) is 1.53. The Morgan fingerprint density at radius 2 is 2.29 bits per heavy atom. The molecule has 0 aliphatic heterocycles. The molecule has 0 unspecified atom stereocenters. The van der Waals surface area contributed by atoms with E-state index in [2.05, 4.69) is 10.5 Å². The van der Waals surface area contributed by atoms with Gasteiger partial charge in [0, 0.05) is 24.4 Å². The van der Waals surface area contributed by atoms with Gasteiger partial charge >= 0.3 is 0 Å². The van der Waals surface area contributed by atoms with Crippen molar-refractivity contribution in [3.63, 3.8) is 0 Å². The first-order valence-electron chi connectivity index (χ1n) is 6.50. The molecule has 21 heavy (non-hydrogen) atoms. The molecule has 0 saturated carbocycles. The second kappa shape index (κ2) is 6.21. The Kier molecular flexibility index (Phi) is 4.37. The molecule has 0 spiro atoms. The molecule has 1 amide bonds. The van der Waals surface area contributed by atoms with Crippen LogP contribution in [-0.2, 0) is 6.42 Å². The highest BCUT2D eigenvalue weighted by atomic mass is 19.1. The van der Waals surface area contributed by atoms with Crippen molar-refractivity contribution >= 4 is 17.7 Å². The number of aryl methyl sites for hydroxylation is 1. The normalized spacial score (nSPS) is 11.5. The number of nitrogens with two attached hydrogens (primary N) is 1. The van der Waals surface area contributed by atoms with Crippen molar-refractivity contribution in [2.24, 2.45) is 5.73 Å². The van der Waals surface area contributed by atoms with Crippen LogP contribution in [-0.4, -0.2) is 18.1 Å². The lowest BCUT2D eigenvalue weighted by molar-refractivity contribution is 0.0961. The largest absolute Gasteiger partial charge is 0.398 e. The van der Waals surface area contributed by atoms with Crippen molar-refractivity contribution in [3.8, 4) is 0 Å². The van der Waals surface area contributed by atoms with Gasteiger partial charge in [-0.25, -0.2) is 4.39 Å². The zero-order valence-corrected chi connectivity index (χ0v) is 11.8. The lowest BCUT2D eigenvalue weighted by atomic mass is 10.1. The zero-order valence-electron chi connectivity index (χ0n) is 11.8. The lowest BCUT2D eigenvalue weighted by Gasteiger charge is -2.02. The number of hydrogen-bond acceptors (Lipinski definition) is 4. The van der Waals surface area contributed by atoms with Gasteiger partial charge in [-0.05, 0) is 18.6 Å². The van der Waals surface area contributed by atoms with E-state index in [4.69, 9.17) is 10.3 Å². The Morgan fingerprint density at radius 1 is 1.52 bits per heavy atom. The maximum atomic E-state index is 13.2. The number of aromatic nitrogens is 1. The minimum Gasteiger partial charge on any atom is -0.398 e. The van der Waals surface area contributed by atoms with E-state index in [9.17, 15) is 9.18 Å².